The van der Waals surface area contributed by atoms with Crippen LogP contribution in [0.1, 0.15) is 64.9 Å². The van der Waals surface area contributed by atoms with Crippen molar-refractivity contribution in [2.75, 3.05) is 11.9 Å². The van der Waals surface area contributed by atoms with E-state index in [1.54, 1.807) is 6.92 Å². The van der Waals surface area contributed by atoms with Crippen LogP contribution in [0.15, 0.2) is 4.79 Å². The van der Waals surface area contributed by atoms with Crippen molar-refractivity contribution >= 4 is 49.8 Å². The molecule has 0 aromatic carbocycles. The summed E-state index contributed by atoms with van der Waals surface area (Å²) < 4.78 is 6.41. The zero-order chi connectivity index (χ0) is 24.0. The Morgan fingerprint density at radius 1 is 1.09 bits per heavy atom. The lowest BCUT2D eigenvalue weighted by Gasteiger charge is -2.18. The van der Waals surface area contributed by atoms with Crippen molar-refractivity contribution in [3.8, 4) is 0 Å². The third-order valence-electron chi connectivity index (χ3n) is 6.72. The molecule has 2 aliphatic carbocycles. The van der Waals surface area contributed by atoms with E-state index >= 15 is 0 Å². The molecule has 10 heteroatoms. The molecule has 34 heavy (non-hydrogen) atoms. The highest BCUT2D eigenvalue weighted by Gasteiger charge is 2.29. The van der Waals surface area contributed by atoms with Gasteiger partial charge in [0.15, 0.2) is 4.83 Å². The van der Waals surface area contributed by atoms with Gasteiger partial charge in [0.05, 0.1) is 17.6 Å². The number of nitrogens with zero attached hydrogens (tertiary/aromatic N) is 3. The highest BCUT2D eigenvalue weighted by molar-refractivity contribution is 7.18. The fourth-order valence-corrected chi connectivity index (χ4v) is 7.69. The fourth-order valence-electron chi connectivity index (χ4n) is 4.96. The van der Waals surface area contributed by atoms with Crippen molar-refractivity contribution in [2.24, 2.45) is 11.8 Å². The summed E-state index contributed by atoms with van der Waals surface area (Å²) in [5, 5.41) is 12.2. The minimum absolute atomic E-state index is 0.260. The summed E-state index contributed by atoms with van der Waals surface area (Å²) in [5.74, 6) is 0.299. The lowest BCUT2D eigenvalue weighted by atomic mass is 9.88. The van der Waals surface area contributed by atoms with Crippen molar-refractivity contribution in [1.82, 2.24) is 15.0 Å². The first-order chi connectivity index (χ1) is 16.4. The molecule has 8 nitrogen and oxygen atoms in total. The number of anilines is 1. The molecule has 2 atom stereocenters. The molecule has 0 saturated heterocycles. The van der Waals surface area contributed by atoms with Gasteiger partial charge in [0.1, 0.15) is 11.5 Å². The Morgan fingerprint density at radius 2 is 1.76 bits per heavy atom. The predicted octanol–water partition coefficient (Wildman–Crippen LogP) is 3.98. The number of hydrogen-bond acceptors (Lipinski definition) is 8. The number of hydrogen-bond donors (Lipinski definition) is 1. The van der Waals surface area contributed by atoms with Crippen LogP contribution in [0, 0.1) is 11.8 Å². The molecule has 0 fully saturated rings. The molecule has 3 aromatic heterocycles. The van der Waals surface area contributed by atoms with Gasteiger partial charge in [0.2, 0.25) is 5.91 Å². The SMILES string of the molecule is CCOC(=O)c1c(NC(=O)Cn2nnc3sc4c(c3c2=O)CC[C@H](C)C4)sc2c1CC[C@@H](C)C2. The summed E-state index contributed by atoms with van der Waals surface area (Å²) in [6.07, 6.45) is 5.52. The van der Waals surface area contributed by atoms with E-state index in [1.807, 2.05) is 0 Å². The Balaban J connectivity index is 1.42. The first-order valence-corrected chi connectivity index (χ1v) is 13.5. The maximum absolute atomic E-state index is 13.2. The monoisotopic (exact) mass is 500 g/mol. The van der Waals surface area contributed by atoms with Crippen LogP contribution >= 0.6 is 22.7 Å². The Hall–Kier alpha value is -2.59. The van der Waals surface area contributed by atoms with E-state index in [9.17, 15) is 14.4 Å². The van der Waals surface area contributed by atoms with E-state index < -0.39 is 11.9 Å². The first kappa shape index (κ1) is 23.2. The van der Waals surface area contributed by atoms with Gasteiger partial charge in [-0.05, 0) is 68.4 Å². The second-order valence-corrected chi connectivity index (χ2v) is 11.6. The van der Waals surface area contributed by atoms with Gasteiger partial charge in [-0.25, -0.2) is 9.48 Å². The highest BCUT2D eigenvalue weighted by atomic mass is 32.1. The topological polar surface area (TPSA) is 103 Å². The van der Waals surface area contributed by atoms with E-state index in [-0.39, 0.29) is 18.7 Å². The average molecular weight is 501 g/mol. The number of nitrogens with one attached hydrogen (secondary N) is 1. The summed E-state index contributed by atoms with van der Waals surface area (Å²) in [6.45, 7) is 6.18. The van der Waals surface area contributed by atoms with E-state index in [2.05, 4.69) is 29.5 Å². The van der Waals surface area contributed by atoms with Crippen molar-refractivity contribution in [2.45, 2.75) is 65.8 Å². The molecule has 180 valence electrons. The predicted molar refractivity (Wildman–Crippen MR) is 133 cm³/mol. The largest absolute Gasteiger partial charge is 0.462 e. The van der Waals surface area contributed by atoms with E-state index in [1.165, 1.54) is 27.6 Å². The zero-order valence-corrected chi connectivity index (χ0v) is 21.2. The smallest absolute Gasteiger partial charge is 0.341 e. The van der Waals surface area contributed by atoms with Crippen LogP contribution in [0.4, 0.5) is 5.00 Å². The fraction of sp³-hybridized carbons (Fsp3) is 0.542. The Bertz CT molecular complexity index is 1340. The maximum Gasteiger partial charge on any atom is 0.341 e. The Kier molecular flexibility index (Phi) is 6.28. The molecular formula is C24H28N4O4S2. The number of ether oxygens (including phenoxy) is 1. The summed E-state index contributed by atoms with van der Waals surface area (Å²) in [6, 6.07) is 0. The van der Waals surface area contributed by atoms with E-state index in [4.69, 9.17) is 4.74 Å². The number of aromatic nitrogens is 3. The second kappa shape index (κ2) is 9.22. The molecule has 0 unspecified atom stereocenters. The molecule has 1 amide bonds. The van der Waals surface area contributed by atoms with Crippen molar-refractivity contribution in [1.29, 1.82) is 0 Å². The molecule has 5 rings (SSSR count). The molecule has 0 radical (unpaired) electrons. The number of rotatable bonds is 5. The summed E-state index contributed by atoms with van der Waals surface area (Å²) in [4.78, 5) is 41.8. The number of esters is 1. The molecule has 3 heterocycles. The number of carbonyl (C=O) groups excluding carboxylic acids is 2. The number of fused-ring (bicyclic) bond motifs is 4. The van der Waals surface area contributed by atoms with Crippen LogP contribution in [-0.2, 0) is 41.8 Å². The van der Waals surface area contributed by atoms with E-state index in [0.29, 0.717) is 32.6 Å². The van der Waals surface area contributed by atoms with Crippen LogP contribution in [0.3, 0.4) is 0 Å². The molecule has 0 saturated carbocycles. The molecular weight excluding hydrogens is 472 g/mol. The minimum Gasteiger partial charge on any atom is -0.462 e. The summed E-state index contributed by atoms with van der Waals surface area (Å²) in [7, 11) is 0. The second-order valence-electron chi connectivity index (χ2n) is 9.41. The average Bonchev–Trinajstić information content (AvgIpc) is 3.32. The zero-order valence-electron chi connectivity index (χ0n) is 19.6. The van der Waals surface area contributed by atoms with Crippen molar-refractivity contribution in [3.05, 3.63) is 36.8 Å². The van der Waals surface area contributed by atoms with Gasteiger partial charge >= 0.3 is 5.97 Å². The third kappa shape index (κ3) is 4.17. The Morgan fingerprint density at radius 3 is 2.47 bits per heavy atom. The molecule has 0 spiro atoms. The quantitative estimate of drug-likeness (QED) is 0.532. The first-order valence-electron chi connectivity index (χ1n) is 11.8. The number of thiophene rings is 2. The summed E-state index contributed by atoms with van der Waals surface area (Å²) >= 11 is 2.97. The number of aryl methyl sites for hydroxylation is 1. The van der Waals surface area contributed by atoms with Crippen molar-refractivity contribution in [3.63, 3.8) is 0 Å². The Labute approximate surface area is 205 Å². The van der Waals surface area contributed by atoms with Gasteiger partial charge in [-0.15, -0.1) is 27.8 Å². The summed E-state index contributed by atoms with van der Waals surface area (Å²) in [5.41, 5.74) is 2.22. The minimum atomic E-state index is -0.414. The molecule has 0 bridgehead atoms. The van der Waals surface area contributed by atoms with Crippen LogP contribution in [0.25, 0.3) is 10.2 Å². The standard InChI is InChI=1S/C24H28N4O4S2/c1-4-32-24(31)20-15-8-6-13(3)10-17(15)33-21(20)25-18(29)11-28-23(30)19-14-7-5-12(2)9-16(14)34-22(19)26-27-28/h12-13H,4-11H2,1-3H3,(H,25,29)/t12-,13+/m0/s1. The van der Waals surface area contributed by atoms with Crippen LogP contribution in [0.5, 0.6) is 0 Å². The van der Waals surface area contributed by atoms with Gasteiger partial charge in [-0.1, -0.05) is 19.1 Å². The van der Waals surface area contributed by atoms with Gasteiger partial charge in [0, 0.05) is 9.75 Å². The van der Waals surface area contributed by atoms with Gasteiger partial charge in [0.25, 0.3) is 5.56 Å². The van der Waals surface area contributed by atoms with Gasteiger partial charge in [-0.2, -0.15) is 0 Å². The van der Waals surface area contributed by atoms with Crippen molar-refractivity contribution < 1.29 is 14.3 Å². The molecule has 1 N–H and O–H groups in total. The normalized spacial score (nSPS) is 19.5. The lowest BCUT2D eigenvalue weighted by molar-refractivity contribution is -0.117. The van der Waals surface area contributed by atoms with Gasteiger partial charge in [-0.3, -0.25) is 9.59 Å². The van der Waals surface area contributed by atoms with Crippen LogP contribution in [-0.4, -0.2) is 33.5 Å². The van der Waals surface area contributed by atoms with Gasteiger partial charge < -0.3 is 10.1 Å². The van der Waals surface area contributed by atoms with Crippen LogP contribution < -0.4 is 10.9 Å². The third-order valence-corrected chi connectivity index (χ3v) is 9.03. The maximum atomic E-state index is 13.2. The molecule has 2 aliphatic rings. The number of carbonyl (C=O) groups is 2. The molecule has 0 aliphatic heterocycles. The highest BCUT2D eigenvalue weighted by Crippen LogP contribution is 2.40. The van der Waals surface area contributed by atoms with E-state index in [0.717, 1.165) is 59.2 Å². The number of amides is 1. The molecule has 3 aromatic rings. The van der Waals surface area contributed by atoms with Crippen LogP contribution in [0.2, 0.25) is 0 Å². The lowest BCUT2D eigenvalue weighted by Crippen LogP contribution is -2.31.